The first-order chi connectivity index (χ1) is 9.31. The van der Waals surface area contributed by atoms with Gasteiger partial charge in [0.05, 0.1) is 0 Å². The Bertz CT molecular complexity index is 490. The Kier molecular flexibility index (Phi) is 5.95. The van der Waals surface area contributed by atoms with E-state index in [-0.39, 0.29) is 12.5 Å². The maximum Gasteiger partial charge on any atom is 0.257 e. The fourth-order valence-corrected chi connectivity index (χ4v) is 1.94. The zero-order valence-corrected chi connectivity index (χ0v) is 13.3. The van der Waals surface area contributed by atoms with E-state index >= 15 is 0 Å². The van der Waals surface area contributed by atoms with Crippen molar-refractivity contribution in [3.63, 3.8) is 0 Å². The lowest BCUT2D eigenvalue weighted by atomic mass is 10.1. The van der Waals surface area contributed by atoms with E-state index in [2.05, 4.69) is 5.32 Å². The van der Waals surface area contributed by atoms with E-state index in [0.29, 0.717) is 23.2 Å². The highest BCUT2D eigenvalue weighted by atomic mass is 32.1. The van der Waals surface area contributed by atoms with Gasteiger partial charge in [-0.3, -0.25) is 4.79 Å². The first kappa shape index (κ1) is 16.4. The van der Waals surface area contributed by atoms with Gasteiger partial charge in [0.25, 0.3) is 5.91 Å². The second-order valence-electron chi connectivity index (χ2n) is 5.29. The lowest BCUT2D eigenvalue weighted by molar-refractivity contribution is -0.123. The van der Waals surface area contributed by atoms with Crippen LogP contribution in [0.5, 0.6) is 5.75 Å². The number of benzene rings is 1. The normalized spacial score (nSPS) is 10.4. The topological polar surface area (TPSA) is 64.3 Å². The molecule has 0 radical (unpaired) electrons. The van der Waals surface area contributed by atoms with Crippen molar-refractivity contribution >= 4 is 23.1 Å². The number of hydrogen-bond acceptors (Lipinski definition) is 3. The van der Waals surface area contributed by atoms with Gasteiger partial charge < -0.3 is 15.8 Å². The molecule has 20 heavy (non-hydrogen) atoms. The number of amides is 1. The van der Waals surface area contributed by atoms with E-state index in [9.17, 15) is 4.79 Å². The van der Waals surface area contributed by atoms with Crippen molar-refractivity contribution in [2.24, 2.45) is 11.7 Å². The molecule has 1 rings (SSSR count). The van der Waals surface area contributed by atoms with Gasteiger partial charge in [-0.2, -0.15) is 0 Å². The quantitative estimate of drug-likeness (QED) is 0.789. The Balaban J connectivity index is 2.69. The van der Waals surface area contributed by atoms with Gasteiger partial charge in [0.1, 0.15) is 10.7 Å². The monoisotopic (exact) mass is 294 g/mol. The van der Waals surface area contributed by atoms with Crippen LogP contribution in [0.15, 0.2) is 12.1 Å². The standard InChI is InChI=1S/C15H22N2O2S/c1-9(2)7-17-13(18)8-19-14-10(3)5-12(15(16)20)6-11(14)4/h5-6,9H,7-8H2,1-4H3,(H2,16,20)(H,17,18). The molecule has 110 valence electrons. The molecule has 0 unspecified atom stereocenters. The lowest BCUT2D eigenvalue weighted by Crippen LogP contribution is -2.31. The molecule has 4 nitrogen and oxygen atoms in total. The highest BCUT2D eigenvalue weighted by molar-refractivity contribution is 7.80. The third-order valence-corrected chi connectivity index (χ3v) is 3.04. The fourth-order valence-electron chi connectivity index (χ4n) is 1.83. The second-order valence-corrected chi connectivity index (χ2v) is 5.73. The van der Waals surface area contributed by atoms with Gasteiger partial charge in [0, 0.05) is 12.1 Å². The number of nitrogens with two attached hydrogens (primary N) is 1. The van der Waals surface area contributed by atoms with Gasteiger partial charge in [-0.05, 0) is 43.0 Å². The van der Waals surface area contributed by atoms with Crippen LogP contribution in [-0.2, 0) is 4.79 Å². The Hall–Kier alpha value is -1.62. The van der Waals surface area contributed by atoms with Crippen LogP contribution in [0.2, 0.25) is 0 Å². The van der Waals surface area contributed by atoms with Crippen molar-refractivity contribution in [2.45, 2.75) is 27.7 Å². The Morgan fingerprint density at radius 3 is 2.35 bits per heavy atom. The average molecular weight is 294 g/mol. The molecule has 0 aromatic heterocycles. The number of nitrogens with one attached hydrogen (secondary N) is 1. The van der Waals surface area contributed by atoms with Gasteiger partial charge in [-0.1, -0.05) is 26.1 Å². The summed E-state index contributed by atoms with van der Waals surface area (Å²) in [5.41, 5.74) is 8.27. The van der Waals surface area contributed by atoms with E-state index in [1.165, 1.54) is 0 Å². The minimum absolute atomic E-state index is 0.0147. The van der Waals surface area contributed by atoms with Crippen molar-refractivity contribution < 1.29 is 9.53 Å². The predicted molar refractivity (Wildman–Crippen MR) is 85.1 cm³/mol. The zero-order valence-electron chi connectivity index (χ0n) is 12.4. The minimum Gasteiger partial charge on any atom is -0.483 e. The van der Waals surface area contributed by atoms with Crippen LogP contribution < -0.4 is 15.8 Å². The fraction of sp³-hybridized carbons (Fsp3) is 0.467. The molecule has 5 heteroatoms. The molecule has 0 spiro atoms. The van der Waals surface area contributed by atoms with E-state index < -0.39 is 0 Å². The number of hydrogen-bond donors (Lipinski definition) is 2. The van der Waals surface area contributed by atoms with Crippen molar-refractivity contribution in [3.05, 3.63) is 28.8 Å². The average Bonchev–Trinajstić information content (AvgIpc) is 2.34. The molecule has 0 fully saturated rings. The highest BCUT2D eigenvalue weighted by Crippen LogP contribution is 2.24. The molecule has 3 N–H and O–H groups in total. The molecule has 0 heterocycles. The van der Waals surface area contributed by atoms with Crippen LogP contribution in [0.25, 0.3) is 0 Å². The van der Waals surface area contributed by atoms with Crippen molar-refractivity contribution in [2.75, 3.05) is 13.2 Å². The summed E-state index contributed by atoms with van der Waals surface area (Å²) in [5, 5.41) is 2.82. The maximum absolute atomic E-state index is 11.6. The molecule has 1 aromatic rings. The molecule has 0 aliphatic heterocycles. The molecule has 0 atom stereocenters. The molecular formula is C15H22N2O2S. The first-order valence-electron chi connectivity index (χ1n) is 6.61. The summed E-state index contributed by atoms with van der Waals surface area (Å²) in [7, 11) is 0. The van der Waals surface area contributed by atoms with Gasteiger partial charge in [-0.15, -0.1) is 0 Å². The predicted octanol–water partition coefficient (Wildman–Crippen LogP) is 2.09. The summed E-state index contributed by atoms with van der Waals surface area (Å²) in [6.45, 7) is 8.58. The molecule has 1 aromatic carbocycles. The Labute approximate surface area is 125 Å². The van der Waals surface area contributed by atoms with Gasteiger partial charge in [0.15, 0.2) is 6.61 Å². The minimum atomic E-state index is -0.115. The summed E-state index contributed by atoms with van der Waals surface area (Å²) in [4.78, 5) is 12.0. The van der Waals surface area contributed by atoms with Crippen molar-refractivity contribution in [1.82, 2.24) is 5.32 Å². The number of rotatable bonds is 6. The van der Waals surface area contributed by atoms with Crippen molar-refractivity contribution in [1.29, 1.82) is 0 Å². The third-order valence-electron chi connectivity index (χ3n) is 2.80. The number of aryl methyl sites for hydroxylation is 2. The smallest absolute Gasteiger partial charge is 0.257 e. The van der Waals surface area contributed by atoms with Gasteiger partial charge in [-0.25, -0.2) is 0 Å². The highest BCUT2D eigenvalue weighted by Gasteiger charge is 2.10. The Morgan fingerprint density at radius 1 is 1.35 bits per heavy atom. The van der Waals surface area contributed by atoms with Gasteiger partial charge >= 0.3 is 0 Å². The molecule has 1 amide bonds. The lowest BCUT2D eigenvalue weighted by Gasteiger charge is -2.14. The number of carbonyl (C=O) groups is 1. The zero-order chi connectivity index (χ0) is 15.3. The molecule has 0 aliphatic carbocycles. The summed E-state index contributed by atoms with van der Waals surface area (Å²) in [6, 6.07) is 3.74. The third kappa shape index (κ3) is 4.81. The van der Waals surface area contributed by atoms with E-state index in [1.54, 1.807) is 0 Å². The number of thiocarbonyl (C=S) groups is 1. The molecule has 0 saturated heterocycles. The van der Waals surface area contributed by atoms with Crippen LogP contribution >= 0.6 is 12.2 Å². The van der Waals surface area contributed by atoms with Crippen LogP contribution in [0, 0.1) is 19.8 Å². The molecular weight excluding hydrogens is 272 g/mol. The summed E-state index contributed by atoms with van der Waals surface area (Å²) >= 11 is 4.96. The molecule has 0 bridgehead atoms. The Morgan fingerprint density at radius 2 is 1.90 bits per heavy atom. The van der Waals surface area contributed by atoms with Crippen LogP contribution in [-0.4, -0.2) is 24.0 Å². The SMILES string of the molecule is Cc1cc(C(N)=S)cc(C)c1OCC(=O)NCC(C)C. The summed E-state index contributed by atoms with van der Waals surface area (Å²) in [5.74, 6) is 1.02. The second kappa shape index (κ2) is 7.24. The molecule has 0 aliphatic rings. The molecule has 0 saturated carbocycles. The van der Waals surface area contributed by atoms with Gasteiger partial charge in [0.2, 0.25) is 0 Å². The summed E-state index contributed by atoms with van der Waals surface area (Å²) < 4.78 is 5.60. The largest absolute Gasteiger partial charge is 0.483 e. The van der Waals surface area contributed by atoms with Crippen LogP contribution in [0.1, 0.15) is 30.5 Å². The number of carbonyl (C=O) groups excluding carboxylic acids is 1. The first-order valence-corrected chi connectivity index (χ1v) is 7.02. The van der Waals surface area contributed by atoms with Crippen LogP contribution in [0.4, 0.5) is 0 Å². The van der Waals surface area contributed by atoms with E-state index in [1.807, 2.05) is 39.8 Å². The van der Waals surface area contributed by atoms with E-state index in [4.69, 9.17) is 22.7 Å². The van der Waals surface area contributed by atoms with Crippen molar-refractivity contribution in [3.8, 4) is 5.75 Å². The number of ether oxygens (including phenoxy) is 1. The van der Waals surface area contributed by atoms with E-state index in [0.717, 1.165) is 16.7 Å². The maximum atomic E-state index is 11.6. The summed E-state index contributed by atoms with van der Waals surface area (Å²) in [6.07, 6.45) is 0. The van der Waals surface area contributed by atoms with Crippen LogP contribution in [0.3, 0.4) is 0 Å².